The largest absolute Gasteiger partial charge is 0.465 e. The van der Waals surface area contributed by atoms with Gasteiger partial charge in [-0.1, -0.05) is 44.2 Å². The zero-order valence-electron chi connectivity index (χ0n) is 17.5. The van der Waals surface area contributed by atoms with Gasteiger partial charge in [-0.2, -0.15) is 0 Å². The van der Waals surface area contributed by atoms with E-state index in [0.717, 1.165) is 5.56 Å². The summed E-state index contributed by atoms with van der Waals surface area (Å²) in [5, 5.41) is 0. The highest BCUT2D eigenvalue weighted by Crippen LogP contribution is 2.20. The Kier molecular flexibility index (Phi) is 9.69. The van der Waals surface area contributed by atoms with E-state index in [9.17, 15) is 14.4 Å². The second kappa shape index (κ2) is 11.5. The molecule has 6 nitrogen and oxygen atoms in total. The molecule has 0 aliphatic carbocycles. The summed E-state index contributed by atoms with van der Waals surface area (Å²) in [7, 11) is 0. The van der Waals surface area contributed by atoms with Crippen LogP contribution < -0.4 is 0 Å². The van der Waals surface area contributed by atoms with Gasteiger partial charge in [0, 0.05) is 6.42 Å². The predicted octanol–water partition coefficient (Wildman–Crippen LogP) is 4.06. The van der Waals surface area contributed by atoms with Crippen molar-refractivity contribution < 1.29 is 28.6 Å². The van der Waals surface area contributed by atoms with Crippen LogP contribution in [0, 0.1) is 11.8 Å². The standard InChI is InChI=1S/C22H32O6/c1-16(2)18(14-20(24)28-22(3,4)5)21(25)26-13-9-12-19(23)27-15-17-10-7-6-8-11-17/h6-8,10-11,16,18H,9,12-15H2,1-5H3/t18-/m0/s1. The van der Waals surface area contributed by atoms with E-state index in [0.29, 0.717) is 6.42 Å². The van der Waals surface area contributed by atoms with Crippen molar-refractivity contribution in [3.8, 4) is 0 Å². The number of benzene rings is 1. The number of rotatable bonds is 10. The van der Waals surface area contributed by atoms with Crippen LogP contribution in [-0.4, -0.2) is 30.1 Å². The number of hydrogen-bond acceptors (Lipinski definition) is 6. The van der Waals surface area contributed by atoms with Crippen LogP contribution in [0.2, 0.25) is 0 Å². The van der Waals surface area contributed by atoms with Crippen LogP contribution in [0.25, 0.3) is 0 Å². The van der Waals surface area contributed by atoms with Crippen LogP contribution in [0.15, 0.2) is 30.3 Å². The highest BCUT2D eigenvalue weighted by atomic mass is 16.6. The van der Waals surface area contributed by atoms with Gasteiger partial charge in [-0.3, -0.25) is 14.4 Å². The Bertz CT molecular complexity index is 630. The van der Waals surface area contributed by atoms with Crippen LogP contribution in [0.5, 0.6) is 0 Å². The van der Waals surface area contributed by atoms with E-state index in [1.54, 1.807) is 20.8 Å². The third-order valence-electron chi connectivity index (χ3n) is 3.93. The van der Waals surface area contributed by atoms with Gasteiger partial charge in [0.2, 0.25) is 0 Å². The maximum atomic E-state index is 12.3. The lowest BCUT2D eigenvalue weighted by molar-refractivity contribution is -0.163. The first kappa shape index (κ1) is 23.7. The Hall–Kier alpha value is -2.37. The normalized spacial score (nSPS) is 12.4. The minimum atomic E-state index is -0.595. The first-order chi connectivity index (χ1) is 13.1. The zero-order chi connectivity index (χ0) is 21.2. The summed E-state index contributed by atoms with van der Waals surface area (Å²) in [5.41, 5.74) is 0.326. The molecule has 1 rings (SSSR count). The summed E-state index contributed by atoms with van der Waals surface area (Å²) in [5.74, 6) is -1.84. The van der Waals surface area contributed by atoms with E-state index in [2.05, 4.69) is 0 Å². The van der Waals surface area contributed by atoms with Gasteiger partial charge in [-0.05, 0) is 38.7 Å². The average molecular weight is 392 g/mol. The summed E-state index contributed by atoms with van der Waals surface area (Å²) in [6.45, 7) is 9.40. The predicted molar refractivity (Wildman–Crippen MR) is 105 cm³/mol. The van der Waals surface area contributed by atoms with E-state index >= 15 is 0 Å². The monoisotopic (exact) mass is 392 g/mol. The molecular weight excluding hydrogens is 360 g/mol. The average Bonchev–Trinajstić information content (AvgIpc) is 2.60. The molecule has 0 saturated carbocycles. The Balaban J connectivity index is 2.32. The molecule has 0 aliphatic rings. The summed E-state index contributed by atoms with van der Waals surface area (Å²) in [4.78, 5) is 36.0. The van der Waals surface area contributed by atoms with Crippen molar-refractivity contribution in [2.24, 2.45) is 11.8 Å². The minimum Gasteiger partial charge on any atom is -0.465 e. The van der Waals surface area contributed by atoms with Gasteiger partial charge in [0.15, 0.2) is 0 Å². The van der Waals surface area contributed by atoms with Crippen molar-refractivity contribution in [3.05, 3.63) is 35.9 Å². The third-order valence-corrected chi connectivity index (χ3v) is 3.93. The van der Waals surface area contributed by atoms with E-state index in [4.69, 9.17) is 14.2 Å². The molecule has 0 fully saturated rings. The second-order valence-electron chi connectivity index (χ2n) is 8.06. The van der Waals surface area contributed by atoms with E-state index < -0.39 is 23.5 Å². The molecule has 0 aliphatic heterocycles. The first-order valence-corrected chi connectivity index (χ1v) is 9.66. The Morgan fingerprint density at radius 2 is 1.61 bits per heavy atom. The fourth-order valence-corrected chi connectivity index (χ4v) is 2.46. The van der Waals surface area contributed by atoms with E-state index in [1.165, 1.54) is 0 Å². The third kappa shape index (κ3) is 10.1. The van der Waals surface area contributed by atoms with Crippen molar-refractivity contribution >= 4 is 17.9 Å². The van der Waals surface area contributed by atoms with Gasteiger partial charge in [0.25, 0.3) is 0 Å². The van der Waals surface area contributed by atoms with Crippen molar-refractivity contribution in [1.29, 1.82) is 0 Å². The van der Waals surface area contributed by atoms with E-state index in [1.807, 2.05) is 44.2 Å². The molecule has 0 heterocycles. The number of carbonyl (C=O) groups excluding carboxylic acids is 3. The summed E-state index contributed by atoms with van der Waals surface area (Å²) in [6.07, 6.45) is 0.516. The molecule has 0 unspecified atom stereocenters. The molecule has 6 heteroatoms. The molecular formula is C22H32O6. The quantitative estimate of drug-likeness (QED) is 0.339. The highest BCUT2D eigenvalue weighted by Gasteiger charge is 2.29. The minimum absolute atomic E-state index is 0.0209. The van der Waals surface area contributed by atoms with Crippen LogP contribution in [0.1, 0.15) is 59.4 Å². The van der Waals surface area contributed by atoms with Crippen molar-refractivity contribution in [1.82, 2.24) is 0 Å². The zero-order valence-corrected chi connectivity index (χ0v) is 17.5. The molecule has 0 amide bonds. The summed E-state index contributed by atoms with van der Waals surface area (Å²) < 4.78 is 15.7. The number of esters is 3. The molecule has 0 aromatic heterocycles. The molecule has 0 saturated heterocycles. The van der Waals surface area contributed by atoms with Gasteiger partial charge < -0.3 is 14.2 Å². The molecule has 0 radical (unpaired) electrons. The maximum absolute atomic E-state index is 12.3. The fourth-order valence-electron chi connectivity index (χ4n) is 2.46. The topological polar surface area (TPSA) is 78.9 Å². The first-order valence-electron chi connectivity index (χ1n) is 9.66. The van der Waals surface area contributed by atoms with Gasteiger partial charge in [0.1, 0.15) is 12.2 Å². The summed E-state index contributed by atoms with van der Waals surface area (Å²) in [6, 6.07) is 9.42. The molecule has 1 aromatic rings. The van der Waals surface area contributed by atoms with Crippen LogP contribution >= 0.6 is 0 Å². The smallest absolute Gasteiger partial charge is 0.309 e. The lowest BCUT2D eigenvalue weighted by atomic mass is 9.92. The lowest BCUT2D eigenvalue weighted by Gasteiger charge is -2.23. The molecule has 156 valence electrons. The summed E-state index contributed by atoms with van der Waals surface area (Å²) >= 11 is 0. The number of carbonyl (C=O) groups is 3. The maximum Gasteiger partial charge on any atom is 0.309 e. The van der Waals surface area contributed by atoms with Crippen molar-refractivity contribution in [2.75, 3.05) is 6.61 Å². The number of hydrogen-bond donors (Lipinski definition) is 0. The Labute approximate surface area is 167 Å². The molecule has 0 bridgehead atoms. The number of ether oxygens (including phenoxy) is 3. The molecule has 1 atom stereocenters. The highest BCUT2D eigenvalue weighted by molar-refractivity contribution is 5.80. The van der Waals surface area contributed by atoms with Crippen LogP contribution in [0.3, 0.4) is 0 Å². The van der Waals surface area contributed by atoms with Gasteiger partial charge in [-0.15, -0.1) is 0 Å². The van der Waals surface area contributed by atoms with Crippen LogP contribution in [-0.2, 0) is 35.2 Å². The van der Waals surface area contributed by atoms with Gasteiger partial charge in [-0.25, -0.2) is 0 Å². The lowest BCUT2D eigenvalue weighted by Crippen LogP contribution is -2.30. The Morgan fingerprint density at radius 3 is 2.18 bits per heavy atom. The van der Waals surface area contributed by atoms with E-state index in [-0.39, 0.29) is 37.9 Å². The molecule has 0 N–H and O–H groups in total. The SMILES string of the molecule is CC(C)[C@H](CC(=O)OC(C)(C)C)C(=O)OCCCC(=O)OCc1ccccc1. The fraction of sp³-hybridized carbons (Fsp3) is 0.591. The second-order valence-corrected chi connectivity index (χ2v) is 8.06. The van der Waals surface area contributed by atoms with Gasteiger partial charge >= 0.3 is 17.9 Å². The molecule has 28 heavy (non-hydrogen) atoms. The Morgan fingerprint density at radius 1 is 0.964 bits per heavy atom. The molecule has 1 aromatic carbocycles. The van der Waals surface area contributed by atoms with Crippen molar-refractivity contribution in [3.63, 3.8) is 0 Å². The van der Waals surface area contributed by atoms with Crippen LogP contribution in [0.4, 0.5) is 0 Å². The van der Waals surface area contributed by atoms with Crippen molar-refractivity contribution in [2.45, 2.75) is 66.1 Å². The molecule has 0 spiro atoms. The van der Waals surface area contributed by atoms with Gasteiger partial charge in [0.05, 0.1) is 18.9 Å².